The van der Waals surface area contributed by atoms with E-state index in [0.29, 0.717) is 19.6 Å². The monoisotopic (exact) mass is 458 g/mol. The Hall–Kier alpha value is -3.68. The maximum Gasteiger partial charge on any atom is 0.258 e. The molecular weight excluding hydrogens is 428 g/mol. The summed E-state index contributed by atoms with van der Waals surface area (Å²) in [6, 6.07) is 23.5. The van der Waals surface area contributed by atoms with Gasteiger partial charge >= 0.3 is 0 Å². The van der Waals surface area contributed by atoms with Crippen molar-refractivity contribution in [1.82, 2.24) is 16.3 Å². The van der Waals surface area contributed by atoms with Gasteiger partial charge in [0, 0.05) is 11.6 Å². The highest BCUT2D eigenvalue weighted by molar-refractivity contribution is 5.86. The number of hydrazone groups is 1. The summed E-state index contributed by atoms with van der Waals surface area (Å²) in [6.07, 6.45) is 2.21. The third-order valence-corrected chi connectivity index (χ3v) is 5.63. The van der Waals surface area contributed by atoms with E-state index in [2.05, 4.69) is 52.6 Å². The first kappa shape index (κ1) is 23.5. The van der Waals surface area contributed by atoms with Gasteiger partial charge in [-0.25, -0.2) is 16.3 Å². The maximum atomic E-state index is 12.5. The molecule has 0 radical (unpaired) electrons. The minimum absolute atomic E-state index is 0.0181. The van der Waals surface area contributed by atoms with E-state index in [4.69, 9.17) is 9.47 Å². The fourth-order valence-corrected chi connectivity index (χ4v) is 3.71. The van der Waals surface area contributed by atoms with Gasteiger partial charge in [-0.1, -0.05) is 54.1 Å². The van der Waals surface area contributed by atoms with Crippen LogP contribution in [-0.2, 0) is 11.4 Å². The number of ether oxygens (including phenoxy) is 2. The zero-order chi connectivity index (χ0) is 23.8. The Morgan fingerprint density at radius 2 is 1.79 bits per heavy atom. The Bertz CT molecular complexity index is 1110. The second-order valence-corrected chi connectivity index (χ2v) is 8.18. The molecule has 0 saturated carbocycles. The molecule has 0 bridgehead atoms. The largest absolute Gasteiger partial charge is 0.493 e. The van der Waals surface area contributed by atoms with Crippen molar-refractivity contribution < 1.29 is 14.3 Å². The van der Waals surface area contributed by atoms with E-state index in [0.717, 1.165) is 28.2 Å². The average molecular weight is 459 g/mol. The molecule has 176 valence electrons. The van der Waals surface area contributed by atoms with Crippen molar-refractivity contribution in [2.45, 2.75) is 39.0 Å². The maximum absolute atomic E-state index is 12.5. The van der Waals surface area contributed by atoms with Gasteiger partial charge in [0.1, 0.15) is 24.1 Å². The normalized spacial score (nSPS) is 17.6. The van der Waals surface area contributed by atoms with Gasteiger partial charge < -0.3 is 9.47 Å². The number of benzene rings is 3. The van der Waals surface area contributed by atoms with E-state index in [1.807, 2.05) is 55.5 Å². The number of hydrogen-bond acceptors (Lipinski definition) is 6. The molecule has 7 heteroatoms. The summed E-state index contributed by atoms with van der Waals surface area (Å²) < 4.78 is 11.5. The lowest BCUT2D eigenvalue weighted by atomic mass is 10.0. The molecule has 2 atom stereocenters. The molecule has 34 heavy (non-hydrogen) atoms. The number of nitrogens with one attached hydrogen (secondary N) is 3. The Morgan fingerprint density at radius 1 is 1.03 bits per heavy atom. The Balaban J connectivity index is 1.26. The van der Waals surface area contributed by atoms with Crippen molar-refractivity contribution in [3.8, 4) is 11.5 Å². The fourth-order valence-electron chi connectivity index (χ4n) is 3.71. The smallest absolute Gasteiger partial charge is 0.258 e. The highest BCUT2D eigenvalue weighted by Crippen LogP contribution is 2.25. The molecule has 1 saturated heterocycles. The lowest BCUT2D eigenvalue weighted by Gasteiger charge is -2.11. The first-order chi connectivity index (χ1) is 16.6. The summed E-state index contributed by atoms with van der Waals surface area (Å²) in [5.41, 5.74) is 13.1. The molecule has 3 aromatic rings. The van der Waals surface area contributed by atoms with E-state index >= 15 is 0 Å². The molecule has 3 aromatic carbocycles. The van der Waals surface area contributed by atoms with Crippen molar-refractivity contribution >= 4 is 12.1 Å². The molecule has 2 unspecified atom stereocenters. The minimum Gasteiger partial charge on any atom is -0.493 e. The van der Waals surface area contributed by atoms with Gasteiger partial charge in [-0.2, -0.15) is 5.10 Å². The second-order valence-electron chi connectivity index (χ2n) is 8.18. The van der Waals surface area contributed by atoms with Crippen molar-refractivity contribution in [2.75, 3.05) is 6.61 Å². The van der Waals surface area contributed by atoms with Crippen LogP contribution in [-0.4, -0.2) is 24.8 Å². The molecule has 1 fully saturated rings. The SMILES string of the molecule is CCOc1ccccc1/C=N/NC(=O)C1CC(c2ccc(OCc3ccc(C)cc3)cc2)NN1. The number of carbonyl (C=O) groups is 1. The third kappa shape index (κ3) is 6.21. The number of nitrogens with zero attached hydrogens (tertiary/aromatic N) is 1. The van der Waals surface area contributed by atoms with Crippen LogP contribution in [0.1, 0.15) is 41.6 Å². The molecule has 7 nitrogen and oxygen atoms in total. The highest BCUT2D eigenvalue weighted by atomic mass is 16.5. The van der Waals surface area contributed by atoms with Crippen molar-refractivity contribution in [3.63, 3.8) is 0 Å². The fraction of sp³-hybridized carbons (Fsp3) is 0.259. The van der Waals surface area contributed by atoms with E-state index in [-0.39, 0.29) is 18.0 Å². The molecule has 4 rings (SSSR count). The van der Waals surface area contributed by atoms with Crippen LogP contribution in [0, 0.1) is 6.92 Å². The number of para-hydroxylation sites is 1. The van der Waals surface area contributed by atoms with Crippen molar-refractivity contribution in [3.05, 3.63) is 95.1 Å². The molecule has 1 aliphatic heterocycles. The van der Waals surface area contributed by atoms with Crippen LogP contribution in [0.5, 0.6) is 11.5 Å². The van der Waals surface area contributed by atoms with Crippen LogP contribution in [0.25, 0.3) is 0 Å². The second kappa shape index (κ2) is 11.4. The van der Waals surface area contributed by atoms with E-state index in [1.54, 1.807) is 6.21 Å². The summed E-state index contributed by atoms with van der Waals surface area (Å²) >= 11 is 0. The Morgan fingerprint density at radius 3 is 2.56 bits per heavy atom. The molecule has 0 aliphatic carbocycles. The molecule has 3 N–H and O–H groups in total. The van der Waals surface area contributed by atoms with Crippen LogP contribution >= 0.6 is 0 Å². The number of carbonyl (C=O) groups excluding carboxylic acids is 1. The van der Waals surface area contributed by atoms with Gasteiger partial charge in [0.15, 0.2) is 0 Å². The molecule has 1 heterocycles. The number of aryl methyl sites for hydroxylation is 1. The average Bonchev–Trinajstić information content (AvgIpc) is 3.36. The summed E-state index contributed by atoms with van der Waals surface area (Å²) in [4.78, 5) is 12.5. The van der Waals surface area contributed by atoms with Gasteiger partial charge in [-0.15, -0.1) is 0 Å². The van der Waals surface area contributed by atoms with Crippen LogP contribution in [0.2, 0.25) is 0 Å². The summed E-state index contributed by atoms with van der Waals surface area (Å²) in [6.45, 7) is 5.09. The number of amides is 1. The zero-order valence-corrected chi connectivity index (χ0v) is 19.5. The van der Waals surface area contributed by atoms with Crippen molar-refractivity contribution in [2.24, 2.45) is 5.10 Å². The van der Waals surface area contributed by atoms with Crippen LogP contribution < -0.4 is 25.8 Å². The van der Waals surface area contributed by atoms with Gasteiger partial charge in [0.25, 0.3) is 5.91 Å². The standard InChI is InChI=1S/C27H30N4O3/c1-3-33-26-7-5-4-6-22(26)17-28-31-27(32)25-16-24(29-30-25)21-12-14-23(15-13-21)34-18-20-10-8-19(2)9-11-20/h4-15,17,24-25,29-30H,3,16,18H2,1-2H3,(H,31,32)/b28-17+. The summed E-state index contributed by atoms with van der Waals surface area (Å²) in [5.74, 6) is 1.35. The topological polar surface area (TPSA) is 84.0 Å². The predicted molar refractivity (Wildman–Crippen MR) is 133 cm³/mol. The quantitative estimate of drug-likeness (QED) is 0.333. The van der Waals surface area contributed by atoms with Crippen LogP contribution in [0.15, 0.2) is 77.9 Å². The number of rotatable bonds is 9. The van der Waals surface area contributed by atoms with Gasteiger partial charge in [-0.05, 0) is 55.7 Å². The highest BCUT2D eigenvalue weighted by Gasteiger charge is 2.30. The lowest BCUT2D eigenvalue weighted by Crippen LogP contribution is -2.41. The molecule has 0 spiro atoms. The van der Waals surface area contributed by atoms with Crippen LogP contribution in [0.4, 0.5) is 0 Å². The first-order valence-corrected chi connectivity index (χ1v) is 11.5. The number of hydrogen-bond donors (Lipinski definition) is 3. The lowest BCUT2D eigenvalue weighted by molar-refractivity contribution is -0.122. The van der Waals surface area contributed by atoms with Gasteiger partial charge in [0.05, 0.1) is 12.8 Å². The van der Waals surface area contributed by atoms with E-state index in [9.17, 15) is 4.79 Å². The van der Waals surface area contributed by atoms with E-state index in [1.165, 1.54) is 5.56 Å². The Kier molecular flexibility index (Phi) is 7.91. The zero-order valence-electron chi connectivity index (χ0n) is 19.5. The predicted octanol–water partition coefficient (Wildman–Crippen LogP) is 4.03. The molecule has 1 amide bonds. The van der Waals surface area contributed by atoms with Crippen LogP contribution in [0.3, 0.4) is 0 Å². The summed E-state index contributed by atoms with van der Waals surface area (Å²) in [7, 11) is 0. The van der Waals surface area contributed by atoms with Crippen molar-refractivity contribution in [1.29, 1.82) is 0 Å². The molecule has 0 aromatic heterocycles. The van der Waals surface area contributed by atoms with E-state index < -0.39 is 0 Å². The van der Waals surface area contributed by atoms with Gasteiger partial charge in [-0.3, -0.25) is 4.79 Å². The van der Waals surface area contributed by atoms with Gasteiger partial charge in [0.2, 0.25) is 0 Å². The minimum atomic E-state index is -0.387. The summed E-state index contributed by atoms with van der Waals surface area (Å²) in [5, 5.41) is 4.10. The number of hydrazine groups is 1. The Labute approximate surface area is 200 Å². The third-order valence-electron chi connectivity index (χ3n) is 5.63. The molecular formula is C27H30N4O3. The molecule has 1 aliphatic rings. The first-order valence-electron chi connectivity index (χ1n) is 11.5.